The number of anilines is 1. The van der Waals surface area contributed by atoms with Crippen molar-refractivity contribution in [1.82, 2.24) is 15.5 Å². The predicted octanol–water partition coefficient (Wildman–Crippen LogP) is 3.67. The van der Waals surface area contributed by atoms with E-state index >= 15 is 0 Å². The maximum absolute atomic E-state index is 13.7. The van der Waals surface area contributed by atoms with E-state index in [4.69, 9.17) is 0 Å². The molecule has 126 valence electrons. The molecular weight excluding hydrogens is 319 g/mol. The van der Waals surface area contributed by atoms with Crippen molar-refractivity contribution < 1.29 is 9.18 Å². The van der Waals surface area contributed by atoms with Crippen LogP contribution in [-0.4, -0.2) is 16.1 Å². The molecule has 3 N–H and O–H groups in total. The number of aromatic nitrogens is 2. The van der Waals surface area contributed by atoms with Crippen LogP contribution >= 0.6 is 0 Å². The summed E-state index contributed by atoms with van der Waals surface area (Å²) in [6.07, 6.45) is 4.28. The highest BCUT2D eigenvalue weighted by Gasteiger charge is 2.21. The smallest absolute Gasteiger partial charge is 0.256 e. The van der Waals surface area contributed by atoms with E-state index in [9.17, 15) is 9.18 Å². The van der Waals surface area contributed by atoms with E-state index in [1.165, 1.54) is 23.9 Å². The second-order valence-corrected chi connectivity index (χ2v) is 6.11. The molecule has 1 atom stereocenters. The minimum atomic E-state index is -0.479. The van der Waals surface area contributed by atoms with Crippen LogP contribution in [0.3, 0.4) is 0 Å². The Balaban J connectivity index is 1.61. The van der Waals surface area contributed by atoms with E-state index in [1.54, 1.807) is 0 Å². The highest BCUT2D eigenvalue weighted by molar-refractivity contribution is 6.12. The van der Waals surface area contributed by atoms with Gasteiger partial charge in [-0.1, -0.05) is 12.1 Å². The van der Waals surface area contributed by atoms with Gasteiger partial charge in [0.15, 0.2) is 0 Å². The number of rotatable bonds is 4. The predicted molar refractivity (Wildman–Crippen MR) is 94.8 cm³/mol. The number of amides is 1. The van der Waals surface area contributed by atoms with Gasteiger partial charge in [0.05, 0.1) is 17.3 Å². The zero-order chi connectivity index (χ0) is 17.4. The molecule has 0 bridgehead atoms. The zero-order valence-corrected chi connectivity index (χ0v) is 13.5. The summed E-state index contributed by atoms with van der Waals surface area (Å²) in [5.74, 6) is -0.841. The first-order valence-electron chi connectivity index (χ1n) is 8.07. The fourth-order valence-corrected chi connectivity index (χ4v) is 3.30. The quantitative estimate of drug-likeness (QED) is 0.637. The number of hydrogen-bond acceptors (Lipinski definition) is 3. The van der Waals surface area contributed by atoms with Gasteiger partial charge in [0.2, 0.25) is 0 Å². The lowest BCUT2D eigenvalue weighted by Crippen LogP contribution is -2.13. The van der Waals surface area contributed by atoms with E-state index in [0.29, 0.717) is 16.6 Å². The molecule has 2 heterocycles. The van der Waals surface area contributed by atoms with Crippen molar-refractivity contribution >= 4 is 22.5 Å². The second-order valence-electron chi connectivity index (χ2n) is 6.11. The summed E-state index contributed by atoms with van der Waals surface area (Å²) < 4.78 is 13.7. The summed E-state index contributed by atoms with van der Waals surface area (Å²) in [5.41, 5.74) is 3.81. The van der Waals surface area contributed by atoms with Crippen LogP contribution in [0.4, 0.5) is 10.1 Å². The minimum Gasteiger partial charge on any atom is -0.322 e. The first-order valence-corrected chi connectivity index (χ1v) is 8.07. The Morgan fingerprint density at radius 3 is 3.12 bits per heavy atom. The number of nitrogens with one attached hydrogen (secondary N) is 3. The van der Waals surface area contributed by atoms with Gasteiger partial charge in [0, 0.05) is 23.7 Å². The van der Waals surface area contributed by atoms with Crippen molar-refractivity contribution in [2.75, 3.05) is 5.32 Å². The Morgan fingerprint density at radius 1 is 1.40 bits per heavy atom. The van der Waals surface area contributed by atoms with Crippen molar-refractivity contribution in [1.29, 1.82) is 0 Å². The average molecular weight is 336 g/mol. The van der Waals surface area contributed by atoms with Crippen molar-refractivity contribution in [3.05, 3.63) is 71.7 Å². The SMILES string of the molecule is C=CC[C@H]1NCc2cc(NC(=O)c3cc(F)cc4[nH]ncc34)ccc21. The van der Waals surface area contributed by atoms with E-state index in [2.05, 4.69) is 27.4 Å². The zero-order valence-electron chi connectivity index (χ0n) is 13.5. The van der Waals surface area contributed by atoms with Crippen LogP contribution in [0, 0.1) is 5.82 Å². The van der Waals surface area contributed by atoms with Gasteiger partial charge >= 0.3 is 0 Å². The lowest BCUT2D eigenvalue weighted by molar-refractivity contribution is 0.102. The highest BCUT2D eigenvalue weighted by Crippen LogP contribution is 2.30. The molecule has 0 radical (unpaired) electrons. The van der Waals surface area contributed by atoms with Gasteiger partial charge in [-0.3, -0.25) is 9.89 Å². The Kier molecular flexibility index (Phi) is 3.82. The summed E-state index contributed by atoms with van der Waals surface area (Å²) in [7, 11) is 0. The summed E-state index contributed by atoms with van der Waals surface area (Å²) in [6, 6.07) is 8.65. The van der Waals surface area contributed by atoms with E-state index in [-0.39, 0.29) is 17.5 Å². The molecule has 0 saturated carbocycles. The van der Waals surface area contributed by atoms with Gasteiger partial charge in [-0.2, -0.15) is 5.10 Å². The van der Waals surface area contributed by atoms with Crippen LogP contribution in [-0.2, 0) is 6.54 Å². The fraction of sp³-hybridized carbons (Fsp3) is 0.158. The third-order valence-electron chi connectivity index (χ3n) is 4.49. The van der Waals surface area contributed by atoms with Crippen molar-refractivity contribution in [2.24, 2.45) is 0 Å². The summed E-state index contributed by atoms with van der Waals surface area (Å²) in [4.78, 5) is 12.6. The molecule has 3 aromatic rings. The van der Waals surface area contributed by atoms with Crippen LogP contribution in [0.1, 0.15) is 33.9 Å². The third kappa shape index (κ3) is 2.81. The summed E-state index contributed by atoms with van der Waals surface area (Å²) in [6.45, 7) is 4.53. The van der Waals surface area contributed by atoms with E-state index < -0.39 is 5.82 Å². The van der Waals surface area contributed by atoms with Crippen LogP contribution in [0.5, 0.6) is 0 Å². The van der Waals surface area contributed by atoms with Crippen LogP contribution in [0.2, 0.25) is 0 Å². The fourth-order valence-electron chi connectivity index (χ4n) is 3.30. The molecule has 5 nitrogen and oxygen atoms in total. The first kappa shape index (κ1) is 15.5. The molecule has 0 aliphatic carbocycles. The Morgan fingerprint density at radius 2 is 2.28 bits per heavy atom. The van der Waals surface area contributed by atoms with Crippen molar-refractivity contribution in [3.63, 3.8) is 0 Å². The topological polar surface area (TPSA) is 69.8 Å². The maximum atomic E-state index is 13.7. The Bertz CT molecular complexity index is 979. The van der Waals surface area contributed by atoms with Gasteiger partial charge < -0.3 is 10.6 Å². The molecule has 0 spiro atoms. The number of halogens is 1. The standard InChI is InChI=1S/C19H17FN4O/c1-2-3-17-14-5-4-13(6-11(14)9-21-17)23-19(25)15-7-12(20)8-18-16(15)10-22-24-18/h2,4-8,10,17,21H,1,3,9H2,(H,22,24)(H,23,25)/t17-/m1/s1. The third-order valence-corrected chi connectivity index (χ3v) is 4.49. The van der Waals surface area contributed by atoms with Gasteiger partial charge in [-0.25, -0.2) is 4.39 Å². The Labute approximate surface area is 143 Å². The number of H-pyrrole nitrogens is 1. The summed E-state index contributed by atoms with van der Waals surface area (Å²) in [5, 5.41) is 13.4. The molecule has 0 fully saturated rings. The minimum absolute atomic E-state index is 0.256. The number of carbonyl (C=O) groups is 1. The molecule has 0 unspecified atom stereocenters. The molecule has 0 saturated heterocycles. The monoisotopic (exact) mass is 336 g/mol. The molecule has 1 aliphatic rings. The lowest BCUT2D eigenvalue weighted by Gasteiger charge is -2.11. The number of carbonyl (C=O) groups excluding carboxylic acids is 1. The van der Waals surface area contributed by atoms with Crippen LogP contribution in [0.15, 0.2) is 49.2 Å². The van der Waals surface area contributed by atoms with Gasteiger partial charge in [-0.05, 0) is 41.8 Å². The van der Waals surface area contributed by atoms with Crippen molar-refractivity contribution in [2.45, 2.75) is 19.0 Å². The molecule has 1 aliphatic heterocycles. The molecule has 1 aromatic heterocycles. The number of aromatic amines is 1. The van der Waals surface area contributed by atoms with Crippen LogP contribution < -0.4 is 10.6 Å². The second kappa shape index (κ2) is 6.14. The van der Waals surface area contributed by atoms with Crippen molar-refractivity contribution in [3.8, 4) is 0 Å². The highest BCUT2D eigenvalue weighted by atomic mass is 19.1. The molecule has 2 aromatic carbocycles. The summed E-state index contributed by atoms with van der Waals surface area (Å²) >= 11 is 0. The molecule has 4 rings (SSSR count). The largest absolute Gasteiger partial charge is 0.322 e. The molecule has 25 heavy (non-hydrogen) atoms. The van der Waals surface area contributed by atoms with Gasteiger partial charge in [-0.15, -0.1) is 6.58 Å². The van der Waals surface area contributed by atoms with E-state index in [0.717, 1.165) is 18.5 Å². The van der Waals surface area contributed by atoms with Gasteiger partial charge in [0.1, 0.15) is 5.82 Å². The van der Waals surface area contributed by atoms with Gasteiger partial charge in [0.25, 0.3) is 5.91 Å². The maximum Gasteiger partial charge on any atom is 0.256 e. The van der Waals surface area contributed by atoms with E-state index in [1.807, 2.05) is 24.3 Å². The number of fused-ring (bicyclic) bond motifs is 2. The average Bonchev–Trinajstić information content (AvgIpc) is 3.21. The van der Waals surface area contributed by atoms with Crippen LogP contribution in [0.25, 0.3) is 10.9 Å². The molecule has 6 heteroatoms. The first-order chi connectivity index (χ1) is 12.2. The Hall–Kier alpha value is -2.99. The number of benzene rings is 2. The lowest BCUT2D eigenvalue weighted by atomic mass is 10.0. The molecule has 1 amide bonds. The number of hydrogen-bond donors (Lipinski definition) is 3. The normalized spacial score (nSPS) is 16.0. The molecular formula is C19H17FN4O. The number of nitrogens with zero attached hydrogens (tertiary/aromatic N) is 1.